The molecule has 4 N–H and O–H groups in total. The van der Waals surface area contributed by atoms with Crippen LogP contribution in [0.15, 0.2) is 23.7 Å². The van der Waals surface area contributed by atoms with Crippen molar-refractivity contribution in [3.05, 3.63) is 24.3 Å². The van der Waals surface area contributed by atoms with Crippen LogP contribution in [0.3, 0.4) is 0 Å². The first-order valence-electron chi connectivity index (χ1n) is 6.00. The fourth-order valence-corrected chi connectivity index (χ4v) is 1.56. The third kappa shape index (κ3) is 4.67. The van der Waals surface area contributed by atoms with Gasteiger partial charge in [-0.3, -0.25) is 0 Å². The average molecular weight is 251 g/mol. The van der Waals surface area contributed by atoms with Crippen LogP contribution in [0.1, 0.15) is 32.4 Å². The van der Waals surface area contributed by atoms with Gasteiger partial charge < -0.3 is 16.3 Å². The minimum Gasteiger partial charge on any atom is -0.409 e. The summed E-state index contributed by atoms with van der Waals surface area (Å²) in [6, 6.07) is 1.88. The summed E-state index contributed by atoms with van der Waals surface area (Å²) < 4.78 is 0. The van der Waals surface area contributed by atoms with Crippen molar-refractivity contribution in [2.75, 3.05) is 6.54 Å². The third-order valence-corrected chi connectivity index (χ3v) is 2.91. The maximum absolute atomic E-state index is 8.65. The summed E-state index contributed by atoms with van der Waals surface area (Å²) in [4.78, 5) is 7.98. The summed E-state index contributed by atoms with van der Waals surface area (Å²) in [5, 5.41) is 15.0. The largest absolute Gasteiger partial charge is 0.409 e. The topological polar surface area (TPSA) is 96.4 Å². The molecular weight excluding hydrogens is 230 g/mol. The van der Waals surface area contributed by atoms with E-state index >= 15 is 0 Å². The minimum atomic E-state index is -0.272. The first-order valence-corrected chi connectivity index (χ1v) is 6.00. The Morgan fingerprint density at radius 2 is 2.33 bits per heavy atom. The Hall–Kier alpha value is -1.69. The molecule has 1 aromatic heterocycles. The van der Waals surface area contributed by atoms with E-state index in [2.05, 4.69) is 20.4 Å². The van der Waals surface area contributed by atoms with E-state index in [0.29, 0.717) is 0 Å². The molecule has 6 nitrogen and oxygen atoms in total. The van der Waals surface area contributed by atoms with Gasteiger partial charge in [0, 0.05) is 18.2 Å². The number of nitrogens with zero attached hydrogens (tertiary/aromatic N) is 3. The van der Waals surface area contributed by atoms with Gasteiger partial charge >= 0.3 is 0 Å². The maximum Gasteiger partial charge on any atom is 0.144 e. The zero-order valence-corrected chi connectivity index (χ0v) is 10.9. The van der Waals surface area contributed by atoms with E-state index < -0.39 is 0 Å². The minimum absolute atomic E-state index is 0.272. The van der Waals surface area contributed by atoms with E-state index in [1.165, 1.54) is 0 Å². The highest BCUT2D eigenvalue weighted by molar-refractivity contribution is 5.85. The molecule has 0 radical (unpaired) electrons. The van der Waals surface area contributed by atoms with E-state index in [-0.39, 0.29) is 11.3 Å². The Bertz CT molecular complexity index is 377. The molecule has 100 valence electrons. The Morgan fingerprint density at radius 1 is 1.56 bits per heavy atom. The molecule has 0 saturated heterocycles. The lowest BCUT2D eigenvalue weighted by molar-refractivity contribution is 0.304. The van der Waals surface area contributed by atoms with Gasteiger partial charge in [0.25, 0.3) is 0 Å². The monoisotopic (exact) mass is 251 g/mol. The normalized spacial score (nSPS) is 12.7. The highest BCUT2D eigenvalue weighted by atomic mass is 16.4. The Kier molecular flexibility index (Phi) is 5.51. The Morgan fingerprint density at radius 3 is 2.94 bits per heavy atom. The zero-order valence-electron chi connectivity index (χ0n) is 10.9. The molecule has 0 aliphatic rings. The number of hydrogen-bond acceptors (Lipinski definition) is 5. The van der Waals surface area contributed by atoms with Gasteiger partial charge in [-0.25, -0.2) is 9.97 Å². The van der Waals surface area contributed by atoms with Gasteiger partial charge in [-0.05, 0) is 25.5 Å². The Balaban J connectivity index is 2.20. The molecule has 0 aromatic carbocycles. The van der Waals surface area contributed by atoms with Crippen LogP contribution < -0.4 is 11.1 Å². The summed E-state index contributed by atoms with van der Waals surface area (Å²) in [7, 11) is 0. The smallest absolute Gasteiger partial charge is 0.144 e. The number of amidine groups is 1. The van der Waals surface area contributed by atoms with E-state index in [9.17, 15) is 0 Å². The SMILES string of the molecule is CC(C)(CCCNCc1ccncn1)/C(N)=N/O. The summed E-state index contributed by atoms with van der Waals surface area (Å²) in [5.41, 5.74) is 6.32. The molecule has 0 atom stereocenters. The molecule has 1 rings (SSSR count). The zero-order chi connectivity index (χ0) is 13.4. The maximum atomic E-state index is 8.65. The molecular formula is C12H21N5O. The molecule has 0 aliphatic carbocycles. The number of aromatic nitrogens is 2. The standard InChI is InChI=1S/C12H21N5O/c1-12(2,11(13)17-18)5-3-6-14-8-10-4-7-15-9-16-10/h4,7,9,14,18H,3,5-6,8H2,1-2H3,(H2,13,17). The second-order valence-corrected chi connectivity index (χ2v) is 4.85. The first-order chi connectivity index (χ1) is 8.56. The summed E-state index contributed by atoms with van der Waals surface area (Å²) in [6.07, 6.45) is 5.08. The fourth-order valence-electron chi connectivity index (χ4n) is 1.56. The highest BCUT2D eigenvalue weighted by Gasteiger charge is 2.22. The van der Waals surface area contributed by atoms with Gasteiger partial charge in [-0.2, -0.15) is 0 Å². The van der Waals surface area contributed by atoms with Gasteiger partial charge in [0.2, 0.25) is 0 Å². The van der Waals surface area contributed by atoms with Gasteiger partial charge in [-0.15, -0.1) is 0 Å². The first kappa shape index (κ1) is 14.4. The van der Waals surface area contributed by atoms with Crippen molar-refractivity contribution in [2.24, 2.45) is 16.3 Å². The molecule has 0 unspecified atom stereocenters. The second kappa shape index (κ2) is 6.90. The van der Waals surface area contributed by atoms with Crippen LogP contribution in [-0.2, 0) is 6.54 Å². The van der Waals surface area contributed by atoms with Gasteiger partial charge in [0.15, 0.2) is 0 Å². The van der Waals surface area contributed by atoms with Crippen LogP contribution in [0.2, 0.25) is 0 Å². The predicted octanol–water partition coefficient (Wildman–Crippen LogP) is 1.12. The second-order valence-electron chi connectivity index (χ2n) is 4.85. The van der Waals surface area contributed by atoms with E-state index in [1.807, 2.05) is 19.9 Å². The summed E-state index contributed by atoms with van der Waals surface area (Å²) >= 11 is 0. The van der Waals surface area contributed by atoms with Crippen LogP contribution in [0.5, 0.6) is 0 Å². The lowest BCUT2D eigenvalue weighted by Crippen LogP contribution is -2.32. The lowest BCUT2D eigenvalue weighted by Gasteiger charge is -2.22. The molecule has 0 fully saturated rings. The van der Waals surface area contributed by atoms with Crippen molar-refractivity contribution in [3.63, 3.8) is 0 Å². The molecule has 6 heteroatoms. The van der Waals surface area contributed by atoms with Crippen LogP contribution >= 0.6 is 0 Å². The number of hydrogen-bond donors (Lipinski definition) is 3. The van der Waals surface area contributed by atoms with Crippen LogP contribution in [0.4, 0.5) is 0 Å². The Labute approximate surface area is 107 Å². The lowest BCUT2D eigenvalue weighted by atomic mass is 9.86. The van der Waals surface area contributed by atoms with Crippen molar-refractivity contribution < 1.29 is 5.21 Å². The van der Waals surface area contributed by atoms with Gasteiger partial charge in [0.05, 0.1) is 5.69 Å². The number of oxime groups is 1. The quantitative estimate of drug-likeness (QED) is 0.222. The molecule has 1 aromatic rings. The van der Waals surface area contributed by atoms with Gasteiger partial charge in [-0.1, -0.05) is 19.0 Å². The molecule has 0 amide bonds. The van der Waals surface area contributed by atoms with Crippen molar-refractivity contribution in [1.82, 2.24) is 15.3 Å². The molecule has 18 heavy (non-hydrogen) atoms. The molecule has 0 saturated carbocycles. The van der Waals surface area contributed by atoms with Crippen molar-refractivity contribution in [2.45, 2.75) is 33.2 Å². The van der Waals surface area contributed by atoms with Gasteiger partial charge in [0.1, 0.15) is 12.2 Å². The van der Waals surface area contributed by atoms with Crippen molar-refractivity contribution in [1.29, 1.82) is 0 Å². The van der Waals surface area contributed by atoms with E-state index in [0.717, 1.165) is 31.6 Å². The molecule has 0 spiro atoms. The average Bonchev–Trinajstić information content (AvgIpc) is 2.38. The summed E-state index contributed by atoms with van der Waals surface area (Å²) in [5.74, 6) is 0.276. The van der Waals surface area contributed by atoms with E-state index in [1.54, 1.807) is 12.5 Å². The van der Waals surface area contributed by atoms with Crippen molar-refractivity contribution in [3.8, 4) is 0 Å². The van der Waals surface area contributed by atoms with Crippen LogP contribution in [0.25, 0.3) is 0 Å². The number of nitrogens with two attached hydrogens (primary N) is 1. The van der Waals surface area contributed by atoms with Crippen molar-refractivity contribution >= 4 is 5.84 Å². The molecule has 0 bridgehead atoms. The third-order valence-electron chi connectivity index (χ3n) is 2.91. The molecule has 0 aliphatic heterocycles. The fraction of sp³-hybridized carbons (Fsp3) is 0.583. The summed E-state index contributed by atoms with van der Waals surface area (Å²) in [6.45, 7) is 5.53. The number of nitrogens with one attached hydrogen (secondary N) is 1. The molecule has 1 heterocycles. The van der Waals surface area contributed by atoms with E-state index in [4.69, 9.17) is 10.9 Å². The van der Waals surface area contributed by atoms with Crippen LogP contribution in [-0.4, -0.2) is 27.6 Å². The predicted molar refractivity (Wildman–Crippen MR) is 70.2 cm³/mol. The van der Waals surface area contributed by atoms with Crippen LogP contribution in [0, 0.1) is 5.41 Å². The number of rotatable bonds is 7. The highest BCUT2D eigenvalue weighted by Crippen LogP contribution is 2.21.